The standard InChI is InChI=1S/C11H11NO2S/c1-2-3-6-9-15-11-8-5-4-7-10(11)12(13)14/h1,4-5,7-8H,3,6,9H2. The molecule has 0 unspecified atom stereocenters. The van der Waals surface area contributed by atoms with Gasteiger partial charge in [-0.1, -0.05) is 12.1 Å². The van der Waals surface area contributed by atoms with Crippen molar-refractivity contribution in [1.82, 2.24) is 0 Å². The minimum Gasteiger partial charge on any atom is -0.258 e. The van der Waals surface area contributed by atoms with Crippen molar-refractivity contribution in [3.63, 3.8) is 0 Å². The smallest absolute Gasteiger partial charge is 0.258 e. The molecule has 0 heterocycles. The van der Waals surface area contributed by atoms with Crippen molar-refractivity contribution in [2.75, 3.05) is 5.75 Å². The maximum Gasteiger partial charge on any atom is 0.282 e. The van der Waals surface area contributed by atoms with Crippen LogP contribution in [-0.4, -0.2) is 10.7 Å². The molecule has 0 aliphatic heterocycles. The third-order valence-corrected chi connectivity index (χ3v) is 2.93. The lowest BCUT2D eigenvalue weighted by Crippen LogP contribution is -1.90. The van der Waals surface area contributed by atoms with Crippen LogP contribution in [0.1, 0.15) is 12.8 Å². The number of rotatable bonds is 5. The Bertz CT molecular complexity index is 384. The van der Waals surface area contributed by atoms with Crippen LogP contribution in [0.3, 0.4) is 0 Å². The quantitative estimate of drug-likeness (QED) is 0.252. The summed E-state index contributed by atoms with van der Waals surface area (Å²) in [4.78, 5) is 11.0. The van der Waals surface area contributed by atoms with Gasteiger partial charge < -0.3 is 0 Å². The van der Waals surface area contributed by atoms with Gasteiger partial charge in [-0.05, 0) is 18.2 Å². The first-order valence-corrected chi connectivity index (χ1v) is 5.54. The predicted molar refractivity (Wildman–Crippen MR) is 61.9 cm³/mol. The molecule has 15 heavy (non-hydrogen) atoms. The van der Waals surface area contributed by atoms with E-state index in [1.807, 2.05) is 0 Å². The van der Waals surface area contributed by atoms with Crippen molar-refractivity contribution in [3.05, 3.63) is 34.4 Å². The first-order chi connectivity index (χ1) is 7.25. The number of hydrogen-bond donors (Lipinski definition) is 0. The molecule has 3 nitrogen and oxygen atoms in total. The van der Waals surface area contributed by atoms with Crippen LogP contribution in [0.25, 0.3) is 0 Å². The monoisotopic (exact) mass is 221 g/mol. The number of nitro benzene ring substituents is 1. The van der Waals surface area contributed by atoms with Gasteiger partial charge in [0.2, 0.25) is 0 Å². The molecule has 1 rings (SSSR count). The molecule has 1 aromatic carbocycles. The molecule has 0 fully saturated rings. The van der Waals surface area contributed by atoms with Gasteiger partial charge in [-0.2, -0.15) is 0 Å². The highest BCUT2D eigenvalue weighted by atomic mass is 32.2. The number of para-hydroxylation sites is 1. The highest BCUT2D eigenvalue weighted by Crippen LogP contribution is 2.28. The van der Waals surface area contributed by atoms with E-state index in [0.29, 0.717) is 11.3 Å². The van der Waals surface area contributed by atoms with Crippen molar-refractivity contribution in [2.24, 2.45) is 0 Å². The van der Waals surface area contributed by atoms with Crippen LogP contribution in [0.5, 0.6) is 0 Å². The topological polar surface area (TPSA) is 43.1 Å². The molecule has 0 saturated heterocycles. The third kappa shape index (κ3) is 3.64. The SMILES string of the molecule is C#CCCCSc1ccccc1[N+](=O)[O-]. The van der Waals surface area contributed by atoms with E-state index in [2.05, 4.69) is 5.92 Å². The van der Waals surface area contributed by atoms with Gasteiger partial charge in [-0.3, -0.25) is 10.1 Å². The maximum absolute atomic E-state index is 10.7. The van der Waals surface area contributed by atoms with Crippen LogP contribution in [-0.2, 0) is 0 Å². The van der Waals surface area contributed by atoms with Crippen LogP contribution >= 0.6 is 11.8 Å². The van der Waals surface area contributed by atoms with E-state index in [0.717, 1.165) is 12.2 Å². The van der Waals surface area contributed by atoms with Crippen LogP contribution in [0.2, 0.25) is 0 Å². The Morgan fingerprint density at radius 2 is 2.20 bits per heavy atom. The fourth-order valence-corrected chi connectivity index (χ4v) is 2.06. The molecule has 0 saturated carbocycles. The summed E-state index contributed by atoms with van der Waals surface area (Å²) in [6.07, 6.45) is 6.72. The average molecular weight is 221 g/mol. The van der Waals surface area contributed by atoms with E-state index in [1.54, 1.807) is 18.2 Å². The highest BCUT2D eigenvalue weighted by Gasteiger charge is 2.11. The Labute approximate surface area is 93.0 Å². The van der Waals surface area contributed by atoms with E-state index in [4.69, 9.17) is 6.42 Å². The number of terminal acetylenes is 1. The molecule has 0 spiro atoms. The first-order valence-electron chi connectivity index (χ1n) is 4.55. The van der Waals surface area contributed by atoms with Crippen LogP contribution in [0, 0.1) is 22.5 Å². The molecule has 0 N–H and O–H groups in total. The van der Waals surface area contributed by atoms with Gasteiger partial charge in [0.1, 0.15) is 0 Å². The van der Waals surface area contributed by atoms with Crippen LogP contribution in [0.15, 0.2) is 29.2 Å². The molecule has 0 amide bonds. The zero-order valence-electron chi connectivity index (χ0n) is 8.18. The van der Waals surface area contributed by atoms with E-state index in [-0.39, 0.29) is 10.6 Å². The molecule has 1 aromatic rings. The number of benzene rings is 1. The van der Waals surface area contributed by atoms with Crippen molar-refractivity contribution >= 4 is 17.4 Å². The Morgan fingerprint density at radius 3 is 2.87 bits per heavy atom. The van der Waals surface area contributed by atoms with Crippen molar-refractivity contribution < 1.29 is 4.92 Å². The summed E-state index contributed by atoms with van der Waals surface area (Å²) in [5.41, 5.74) is 0.170. The van der Waals surface area contributed by atoms with Gasteiger partial charge >= 0.3 is 0 Å². The predicted octanol–water partition coefficient (Wildman–Crippen LogP) is 3.10. The summed E-state index contributed by atoms with van der Waals surface area (Å²) in [5, 5.41) is 10.7. The molecule has 78 valence electrons. The zero-order chi connectivity index (χ0) is 11.1. The lowest BCUT2D eigenvalue weighted by molar-refractivity contribution is -0.387. The average Bonchev–Trinajstić information content (AvgIpc) is 2.25. The number of unbranched alkanes of at least 4 members (excludes halogenated alkanes) is 1. The minimum atomic E-state index is -0.358. The summed E-state index contributed by atoms with van der Waals surface area (Å²) < 4.78 is 0. The molecule has 0 atom stereocenters. The largest absolute Gasteiger partial charge is 0.282 e. The third-order valence-electron chi connectivity index (χ3n) is 1.78. The summed E-state index contributed by atoms with van der Waals surface area (Å²) >= 11 is 1.48. The van der Waals surface area contributed by atoms with Gasteiger partial charge in [-0.25, -0.2) is 0 Å². The van der Waals surface area contributed by atoms with Crippen molar-refractivity contribution in [1.29, 1.82) is 0 Å². The number of nitrogens with zero attached hydrogens (tertiary/aromatic N) is 1. The fourth-order valence-electron chi connectivity index (χ4n) is 1.09. The normalized spacial score (nSPS) is 9.53. The van der Waals surface area contributed by atoms with E-state index >= 15 is 0 Å². The second kappa shape index (κ2) is 6.10. The highest BCUT2D eigenvalue weighted by molar-refractivity contribution is 7.99. The number of nitro groups is 1. The fraction of sp³-hybridized carbons (Fsp3) is 0.273. The lowest BCUT2D eigenvalue weighted by Gasteiger charge is -2.00. The summed E-state index contributed by atoms with van der Waals surface area (Å²) in [6.45, 7) is 0. The maximum atomic E-state index is 10.7. The second-order valence-corrected chi connectivity index (χ2v) is 4.02. The van der Waals surface area contributed by atoms with Gasteiger partial charge in [0.05, 0.1) is 9.82 Å². The minimum absolute atomic E-state index is 0.170. The van der Waals surface area contributed by atoms with E-state index in [1.165, 1.54) is 17.8 Å². The molecular formula is C11H11NO2S. The first kappa shape index (κ1) is 11.6. The number of hydrogen-bond acceptors (Lipinski definition) is 3. The Hall–Kier alpha value is -1.47. The molecule has 0 aromatic heterocycles. The van der Waals surface area contributed by atoms with Gasteiger partial charge in [0.25, 0.3) is 5.69 Å². The lowest BCUT2D eigenvalue weighted by atomic mass is 10.3. The molecule has 0 radical (unpaired) electrons. The van der Waals surface area contributed by atoms with Gasteiger partial charge in [0.15, 0.2) is 0 Å². The summed E-state index contributed by atoms with van der Waals surface area (Å²) in [5.74, 6) is 3.36. The van der Waals surface area contributed by atoms with Gasteiger partial charge in [0, 0.05) is 12.5 Å². The summed E-state index contributed by atoms with van der Waals surface area (Å²) in [6, 6.07) is 6.75. The van der Waals surface area contributed by atoms with Crippen molar-refractivity contribution in [2.45, 2.75) is 17.7 Å². The Balaban J connectivity index is 2.60. The summed E-state index contributed by atoms with van der Waals surface area (Å²) in [7, 11) is 0. The van der Waals surface area contributed by atoms with Crippen molar-refractivity contribution in [3.8, 4) is 12.3 Å². The van der Waals surface area contributed by atoms with E-state index in [9.17, 15) is 10.1 Å². The zero-order valence-corrected chi connectivity index (χ0v) is 9.00. The second-order valence-electron chi connectivity index (χ2n) is 2.88. The van der Waals surface area contributed by atoms with Crippen LogP contribution < -0.4 is 0 Å². The van der Waals surface area contributed by atoms with Gasteiger partial charge in [-0.15, -0.1) is 24.1 Å². The van der Waals surface area contributed by atoms with Crippen LogP contribution in [0.4, 0.5) is 5.69 Å². The molecule has 0 aliphatic rings. The molecule has 0 aliphatic carbocycles. The number of thioether (sulfide) groups is 1. The molecule has 0 bridgehead atoms. The Kier molecular flexibility index (Phi) is 4.72. The van der Waals surface area contributed by atoms with E-state index < -0.39 is 0 Å². The Morgan fingerprint density at radius 1 is 1.47 bits per heavy atom. The molecular weight excluding hydrogens is 210 g/mol. The molecule has 4 heteroatoms.